The second-order valence-electron chi connectivity index (χ2n) is 7.25. The monoisotopic (exact) mass is 722 g/mol. The Morgan fingerprint density at radius 1 is 0.441 bits per heavy atom. The zero-order valence-electron chi connectivity index (χ0n) is 18.3. The average molecular weight is 723 g/mol. The maximum absolute atomic E-state index is 12.8. The van der Waals surface area contributed by atoms with Crippen LogP contribution in [0.3, 0.4) is 0 Å². The van der Waals surface area contributed by atoms with E-state index in [1.165, 1.54) is 72.8 Å². The summed E-state index contributed by atoms with van der Waals surface area (Å²) in [5, 5.41) is 0. The third-order valence-corrected chi connectivity index (χ3v) is 19.0. The Bertz CT molecular complexity index is 1280. The molecule has 3 aromatic rings. The minimum atomic E-state index is -5.24. The van der Waals surface area contributed by atoms with Gasteiger partial charge in [0.05, 0.1) is 0 Å². The summed E-state index contributed by atoms with van der Waals surface area (Å²) in [6.45, 7) is 5.23. The first-order valence-electron chi connectivity index (χ1n) is 9.62. The first-order chi connectivity index (χ1) is 15.8. The van der Waals surface area contributed by atoms with Crippen LogP contribution in [0.4, 0.5) is 0 Å². The van der Waals surface area contributed by atoms with Gasteiger partial charge >= 0.3 is 210 Å². The molecule has 0 heterocycles. The van der Waals surface area contributed by atoms with Crippen molar-refractivity contribution in [3.63, 3.8) is 0 Å². The molecule has 0 aliphatic heterocycles. The summed E-state index contributed by atoms with van der Waals surface area (Å²) in [7, 11) is -13.8. The molecule has 0 aliphatic carbocycles. The first kappa shape index (κ1) is 26.9. The number of rotatable bonds is 9. The van der Waals surface area contributed by atoms with Crippen molar-refractivity contribution in [1.29, 1.82) is 0 Å². The topological polar surface area (TPSA) is 130 Å². The number of benzene rings is 3. The van der Waals surface area contributed by atoms with E-state index in [2.05, 4.69) is 0 Å². The molecule has 0 spiro atoms. The van der Waals surface area contributed by atoms with Gasteiger partial charge in [0.2, 0.25) is 0 Å². The van der Waals surface area contributed by atoms with Gasteiger partial charge in [-0.1, -0.05) is 0 Å². The molecule has 0 fully saturated rings. The number of aryl methyl sites for hydroxylation is 3. The molecule has 3 aromatic carbocycles. The van der Waals surface area contributed by atoms with E-state index in [0.717, 1.165) is 16.7 Å². The third kappa shape index (κ3) is 6.91. The Morgan fingerprint density at radius 2 is 0.647 bits per heavy atom. The molecule has 13 heteroatoms. The zero-order chi connectivity index (χ0) is 25.1. The number of hydrogen-bond donors (Lipinski definition) is 0. The molecule has 0 radical (unpaired) electrons. The van der Waals surface area contributed by atoms with Gasteiger partial charge in [0.25, 0.3) is 0 Å². The molecule has 0 saturated heterocycles. The fourth-order valence-corrected chi connectivity index (χ4v) is 16.2. The predicted molar refractivity (Wildman–Crippen MR) is 124 cm³/mol. The van der Waals surface area contributed by atoms with E-state index < -0.39 is 53.4 Å². The minimum absolute atomic E-state index is 0.300. The van der Waals surface area contributed by atoms with Gasteiger partial charge in [-0.05, 0) is 0 Å². The maximum atomic E-state index is 12.8. The van der Waals surface area contributed by atoms with Gasteiger partial charge in [-0.2, -0.15) is 0 Å². The molecule has 9 nitrogen and oxygen atoms in total. The molecule has 0 bridgehead atoms. The Balaban J connectivity index is 1.97. The molecule has 0 N–H and O–H groups in total. The molecular formula is C21H21BiO9S3. The molecule has 0 atom stereocenters. The molecule has 3 rings (SSSR count). The van der Waals surface area contributed by atoms with Crippen molar-refractivity contribution in [2.75, 3.05) is 0 Å². The fraction of sp³-hybridized carbons (Fsp3) is 0.143. The molecule has 0 saturated carbocycles. The molecule has 0 aliphatic rings. The van der Waals surface area contributed by atoms with Gasteiger partial charge in [-0.15, -0.1) is 0 Å². The van der Waals surface area contributed by atoms with Gasteiger partial charge in [0.15, 0.2) is 0 Å². The van der Waals surface area contributed by atoms with E-state index in [-0.39, 0.29) is 14.7 Å². The van der Waals surface area contributed by atoms with Crippen molar-refractivity contribution in [2.45, 2.75) is 35.5 Å². The van der Waals surface area contributed by atoms with Crippen molar-refractivity contribution < 1.29 is 32.0 Å². The van der Waals surface area contributed by atoms with Crippen LogP contribution in [0.25, 0.3) is 0 Å². The molecule has 0 unspecified atom stereocenters. The van der Waals surface area contributed by atoms with E-state index in [1.807, 2.05) is 0 Å². The van der Waals surface area contributed by atoms with Crippen molar-refractivity contribution in [2.24, 2.45) is 0 Å². The number of hydrogen-bond acceptors (Lipinski definition) is 9. The Kier molecular flexibility index (Phi) is 8.29. The van der Waals surface area contributed by atoms with Crippen LogP contribution in [-0.2, 0) is 37.1 Å². The summed E-state index contributed by atoms with van der Waals surface area (Å²) in [4.78, 5) is -0.901. The second-order valence-corrected chi connectivity index (χ2v) is 18.8. The normalized spacial score (nSPS) is 12.7. The van der Waals surface area contributed by atoms with Gasteiger partial charge in [-0.25, -0.2) is 0 Å². The standard InChI is InChI=1S/3C7H8O3S.Bi/c3*1-6-2-4-7(5-3-6)11(8,9)10;/h3*2-5H,1H3,(H,8,9,10);/q;;;+3/p-3. The summed E-state index contributed by atoms with van der Waals surface area (Å²) in [6, 6.07) is 16.5. The average Bonchev–Trinajstić information content (AvgIpc) is 2.73. The first-order valence-corrected chi connectivity index (χ1v) is 18.1. The molecule has 182 valence electrons. The van der Waals surface area contributed by atoms with Crippen molar-refractivity contribution in [3.8, 4) is 0 Å². The van der Waals surface area contributed by atoms with Crippen LogP contribution in [0.15, 0.2) is 87.5 Å². The Hall–Kier alpha value is -1.73. The summed E-state index contributed by atoms with van der Waals surface area (Å²) in [6.07, 6.45) is 0. The van der Waals surface area contributed by atoms with Gasteiger partial charge in [-0.3, -0.25) is 0 Å². The Morgan fingerprint density at radius 3 is 0.853 bits per heavy atom. The van der Waals surface area contributed by atoms with Crippen molar-refractivity contribution in [1.82, 2.24) is 0 Å². The van der Waals surface area contributed by atoms with Crippen LogP contribution < -0.4 is 0 Å². The van der Waals surface area contributed by atoms with E-state index >= 15 is 0 Å². The quantitative estimate of drug-likeness (QED) is 0.306. The SMILES string of the molecule is Cc1ccc(S(=O)(=O)[O][Bi]([O]S(=O)(=O)c2ccc(C)cc2)[O]S(=O)(=O)c2ccc(C)cc2)cc1. The Labute approximate surface area is 209 Å². The van der Waals surface area contributed by atoms with Crippen molar-refractivity contribution in [3.05, 3.63) is 89.5 Å². The summed E-state index contributed by atoms with van der Waals surface area (Å²) < 4.78 is 91.6. The zero-order valence-corrected chi connectivity index (χ0v) is 24.2. The van der Waals surface area contributed by atoms with Gasteiger partial charge < -0.3 is 0 Å². The van der Waals surface area contributed by atoms with Crippen LogP contribution in [0, 0.1) is 20.8 Å². The van der Waals surface area contributed by atoms with E-state index in [4.69, 9.17) is 6.78 Å². The van der Waals surface area contributed by atoms with Gasteiger partial charge in [0.1, 0.15) is 0 Å². The molecule has 0 aromatic heterocycles. The van der Waals surface area contributed by atoms with Crippen molar-refractivity contribution >= 4 is 53.4 Å². The van der Waals surface area contributed by atoms with Crippen LogP contribution in [0.1, 0.15) is 16.7 Å². The van der Waals surface area contributed by atoms with Gasteiger partial charge in [0, 0.05) is 0 Å². The van der Waals surface area contributed by atoms with Crippen LogP contribution in [-0.4, -0.2) is 48.3 Å². The fourth-order valence-electron chi connectivity index (χ4n) is 2.52. The van der Waals surface area contributed by atoms with E-state index in [0.29, 0.717) is 0 Å². The van der Waals surface area contributed by atoms with E-state index in [9.17, 15) is 25.3 Å². The predicted octanol–water partition coefficient (Wildman–Crippen LogP) is 3.11. The summed E-state index contributed by atoms with van der Waals surface area (Å²) in [5.41, 5.74) is 2.32. The molecular weight excluding hydrogens is 701 g/mol. The third-order valence-electron chi connectivity index (χ3n) is 4.41. The second kappa shape index (κ2) is 10.5. The molecule has 34 heavy (non-hydrogen) atoms. The van der Waals surface area contributed by atoms with Crippen LogP contribution in [0.2, 0.25) is 0 Å². The van der Waals surface area contributed by atoms with Crippen LogP contribution in [0.5, 0.6) is 0 Å². The van der Waals surface area contributed by atoms with Crippen LogP contribution >= 0.6 is 0 Å². The van der Waals surface area contributed by atoms with E-state index in [1.54, 1.807) is 20.8 Å². The molecule has 0 amide bonds. The summed E-state index contributed by atoms with van der Waals surface area (Å²) in [5.74, 6) is 0. The summed E-state index contributed by atoms with van der Waals surface area (Å²) >= 11 is -5.24.